The SMILES string of the molecule is C=C(C)[C@@H](C)N(O)c1ccc2ccccc2n1. The van der Waals surface area contributed by atoms with Gasteiger partial charge in [-0.25, -0.2) is 10.0 Å². The van der Waals surface area contributed by atoms with Crippen molar-refractivity contribution < 1.29 is 5.21 Å². The van der Waals surface area contributed by atoms with Gasteiger partial charge in [-0.3, -0.25) is 5.21 Å². The molecule has 2 aromatic rings. The van der Waals surface area contributed by atoms with Gasteiger partial charge in [0.2, 0.25) is 0 Å². The quantitative estimate of drug-likeness (QED) is 0.646. The molecule has 1 aromatic carbocycles. The molecule has 1 heterocycles. The van der Waals surface area contributed by atoms with E-state index in [4.69, 9.17) is 0 Å². The second-order valence-corrected chi connectivity index (χ2v) is 4.23. The van der Waals surface area contributed by atoms with Crippen molar-refractivity contribution in [1.82, 2.24) is 4.98 Å². The molecule has 0 amide bonds. The van der Waals surface area contributed by atoms with E-state index < -0.39 is 0 Å². The van der Waals surface area contributed by atoms with E-state index >= 15 is 0 Å². The van der Waals surface area contributed by atoms with Crippen molar-refractivity contribution in [3.8, 4) is 0 Å². The molecule has 3 heteroatoms. The molecule has 0 fully saturated rings. The highest BCUT2D eigenvalue weighted by molar-refractivity contribution is 5.80. The highest BCUT2D eigenvalue weighted by Gasteiger charge is 2.14. The fourth-order valence-corrected chi connectivity index (χ4v) is 1.59. The molecule has 1 atom stereocenters. The monoisotopic (exact) mass is 228 g/mol. The van der Waals surface area contributed by atoms with Crippen LogP contribution in [-0.2, 0) is 0 Å². The number of hydrogen-bond acceptors (Lipinski definition) is 3. The Morgan fingerprint density at radius 3 is 2.71 bits per heavy atom. The smallest absolute Gasteiger partial charge is 0.153 e. The number of hydroxylamine groups is 1. The predicted octanol–water partition coefficient (Wildman–Crippen LogP) is 3.40. The first-order valence-electron chi connectivity index (χ1n) is 5.59. The molecule has 1 aromatic heterocycles. The topological polar surface area (TPSA) is 36.4 Å². The van der Waals surface area contributed by atoms with Crippen molar-refractivity contribution >= 4 is 16.7 Å². The Morgan fingerprint density at radius 2 is 2.00 bits per heavy atom. The minimum Gasteiger partial charge on any atom is -0.286 e. The van der Waals surface area contributed by atoms with Crippen molar-refractivity contribution in [2.75, 3.05) is 5.06 Å². The zero-order valence-corrected chi connectivity index (χ0v) is 10.1. The molecule has 0 aliphatic rings. The van der Waals surface area contributed by atoms with Gasteiger partial charge in [0.25, 0.3) is 0 Å². The standard InChI is InChI=1S/C14H16N2O/c1-10(2)11(3)16(17)14-9-8-12-6-4-5-7-13(12)15-14/h4-9,11,17H,1H2,2-3H3/t11-/m1/s1. The number of benzene rings is 1. The van der Waals surface area contributed by atoms with E-state index in [-0.39, 0.29) is 6.04 Å². The third kappa shape index (κ3) is 2.29. The Balaban J connectivity index is 2.39. The van der Waals surface area contributed by atoms with Crippen LogP contribution in [0.3, 0.4) is 0 Å². The van der Waals surface area contributed by atoms with Gasteiger partial charge in [0.15, 0.2) is 5.82 Å². The summed E-state index contributed by atoms with van der Waals surface area (Å²) in [6, 6.07) is 11.4. The van der Waals surface area contributed by atoms with Crippen molar-refractivity contribution in [3.63, 3.8) is 0 Å². The number of pyridine rings is 1. The minimum absolute atomic E-state index is 0.149. The van der Waals surface area contributed by atoms with Crippen molar-refractivity contribution in [1.29, 1.82) is 0 Å². The number of fused-ring (bicyclic) bond motifs is 1. The lowest BCUT2D eigenvalue weighted by molar-refractivity contribution is 0.231. The summed E-state index contributed by atoms with van der Waals surface area (Å²) in [5.74, 6) is 0.541. The Morgan fingerprint density at radius 1 is 1.29 bits per heavy atom. The number of rotatable bonds is 3. The van der Waals surface area contributed by atoms with Crippen LogP contribution in [0, 0.1) is 0 Å². The maximum absolute atomic E-state index is 10.0. The second-order valence-electron chi connectivity index (χ2n) is 4.23. The molecule has 0 saturated carbocycles. The molecule has 3 nitrogen and oxygen atoms in total. The van der Waals surface area contributed by atoms with Crippen LogP contribution in [0.25, 0.3) is 10.9 Å². The predicted molar refractivity (Wildman–Crippen MR) is 70.3 cm³/mol. The summed E-state index contributed by atoms with van der Waals surface area (Å²) in [4.78, 5) is 4.41. The number of nitrogens with zero attached hydrogens (tertiary/aromatic N) is 2. The van der Waals surface area contributed by atoms with E-state index in [0.717, 1.165) is 21.5 Å². The number of hydrogen-bond donors (Lipinski definition) is 1. The van der Waals surface area contributed by atoms with Crippen molar-refractivity contribution in [2.45, 2.75) is 19.9 Å². The first-order valence-corrected chi connectivity index (χ1v) is 5.59. The van der Waals surface area contributed by atoms with E-state index in [1.54, 1.807) is 0 Å². The number of aromatic nitrogens is 1. The Bertz CT molecular complexity index is 551. The van der Waals surface area contributed by atoms with Crippen LogP contribution in [0.15, 0.2) is 48.6 Å². The van der Waals surface area contributed by atoms with E-state index in [1.165, 1.54) is 0 Å². The van der Waals surface area contributed by atoms with E-state index in [9.17, 15) is 5.21 Å². The Hall–Kier alpha value is -1.87. The second kappa shape index (κ2) is 4.55. The van der Waals surface area contributed by atoms with Gasteiger partial charge in [-0.15, -0.1) is 0 Å². The van der Waals surface area contributed by atoms with E-state index in [1.807, 2.05) is 50.2 Å². The number of anilines is 1. The van der Waals surface area contributed by atoms with Gasteiger partial charge in [0.1, 0.15) is 0 Å². The lowest BCUT2D eigenvalue weighted by Crippen LogP contribution is -2.30. The molecule has 1 N–H and O–H groups in total. The fraction of sp³-hybridized carbons (Fsp3) is 0.214. The Labute approximate surface area is 101 Å². The average Bonchev–Trinajstić information content (AvgIpc) is 2.36. The molecule has 0 aliphatic carbocycles. The summed E-state index contributed by atoms with van der Waals surface area (Å²) in [6.07, 6.45) is 0. The maximum atomic E-state index is 10.0. The zero-order valence-electron chi connectivity index (χ0n) is 10.1. The van der Waals surface area contributed by atoms with Crippen LogP contribution in [0.5, 0.6) is 0 Å². The third-order valence-electron chi connectivity index (χ3n) is 2.90. The molecule has 0 aliphatic heterocycles. The van der Waals surface area contributed by atoms with Crippen molar-refractivity contribution in [2.24, 2.45) is 0 Å². The van der Waals surface area contributed by atoms with Crippen LogP contribution in [-0.4, -0.2) is 16.2 Å². The van der Waals surface area contributed by atoms with Gasteiger partial charge in [-0.1, -0.05) is 30.4 Å². The fourth-order valence-electron chi connectivity index (χ4n) is 1.59. The average molecular weight is 228 g/mol. The molecular weight excluding hydrogens is 212 g/mol. The van der Waals surface area contributed by atoms with Crippen LogP contribution < -0.4 is 5.06 Å². The van der Waals surface area contributed by atoms with Gasteiger partial charge in [-0.2, -0.15) is 0 Å². The summed E-state index contributed by atoms with van der Waals surface area (Å²) in [5, 5.41) is 12.2. The van der Waals surface area contributed by atoms with Crippen LogP contribution in [0.2, 0.25) is 0 Å². The largest absolute Gasteiger partial charge is 0.286 e. The normalized spacial score (nSPS) is 12.4. The van der Waals surface area contributed by atoms with E-state index in [0.29, 0.717) is 5.82 Å². The molecule has 0 radical (unpaired) electrons. The highest BCUT2D eigenvalue weighted by atomic mass is 16.5. The summed E-state index contributed by atoms with van der Waals surface area (Å²) < 4.78 is 0. The molecule has 0 spiro atoms. The highest BCUT2D eigenvalue weighted by Crippen LogP contribution is 2.19. The van der Waals surface area contributed by atoms with Gasteiger partial charge in [0.05, 0.1) is 11.6 Å². The van der Waals surface area contributed by atoms with Crippen LogP contribution in [0.1, 0.15) is 13.8 Å². The minimum atomic E-state index is -0.149. The van der Waals surface area contributed by atoms with Gasteiger partial charge in [-0.05, 0) is 32.0 Å². The lowest BCUT2D eigenvalue weighted by atomic mass is 10.1. The molecule has 88 valence electrons. The summed E-state index contributed by atoms with van der Waals surface area (Å²) in [5.41, 5.74) is 1.76. The van der Waals surface area contributed by atoms with Crippen LogP contribution in [0.4, 0.5) is 5.82 Å². The molecule has 0 saturated heterocycles. The van der Waals surface area contributed by atoms with Gasteiger partial charge >= 0.3 is 0 Å². The van der Waals surface area contributed by atoms with Gasteiger partial charge in [0, 0.05) is 5.39 Å². The molecular formula is C14H16N2O. The third-order valence-corrected chi connectivity index (χ3v) is 2.90. The molecule has 17 heavy (non-hydrogen) atoms. The number of para-hydroxylation sites is 1. The van der Waals surface area contributed by atoms with E-state index in [2.05, 4.69) is 11.6 Å². The lowest BCUT2D eigenvalue weighted by Gasteiger charge is -2.23. The zero-order chi connectivity index (χ0) is 12.4. The van der Waals surface area contributed by atoms with Crippen molar-refractivity contribution in [3.05, 3.63) is 48.6 Å². The van der Waals surface area contributed by atoms with Gasteiger partial charge < -0.3 is 0 Å². The first kappa shape index (κ1) is 11.6. The Kier molecular flexibility index (Phi) is 3.11. The summed E-state index contributed by atoms with van der Waals surface area (Å²) >= 11 is 0. The summed E-state index contributed by atoms with van der Waals surface area (Å²) in [6.45, 7) is 7.61. The molecule has 2 rings (SSSR count). The summed E-state index contributed by atoms with van der Waals surface area (Å²) in [7, 11) is 0. The molecule has 0 unspecified atom stereocenters. The maximum Gasteiger partial charge on any atom is 0.153 e. The first-order chi connectivity index (χ1) is 8.09. The molecule has 0 bridgehead atoms. The van der Waals surface area contributed by atoms with Crippen LogP contribution >= 0.6 is 0 Å².